The van der Waals surface area contributed by atoms with Gasteiger partial charge in [0, 0.05) is 56.4 Å². The van der Waals surface area contributed by atoms with Crippen molar-refractivity contribution in [3.63, 3.8) is 0 Å². The van der Waals surface area contributed by atoms with E-state index in [0.717, 1.165) is 70.9 Å². The van der Waals surface area contributed by atoms with Crippen LogP contribution in [0.1, 0.15) is 114 Å². The minimum Gasteiger partial charge on any atom is -0.508 e. The number of benzene rings is 9. The van der Waals surface area contributed by atoms with Crippen LogP contribution in [0.4, 0.5) is 0 Å². The average Bonchev–Trinajstić information content (AvgIpc) is 4.28. The SMILES string of the molecule is CC(C)c1ccc(C=O)cc1.O=Cc1ccc(-c2ccncc2)cc1.O=Cc1ccc(Cl)cc1.O=Cc1ccc2ccccc2c1.O=Cc1cccc(O)c1.O=Cc1cccc(OCc2ccccc2)c1.O=Cc1ccccc1Cl.O=Cc1ccco1. The molecule has 12 nitrogen and oxygen atoms in total. The van der Waals surface area contributed by atoms with E-state index in [-0.39, 0.29) is 5.75 Å². The first-order chi connectivity index (χ1) is 42.3. The summed E-state index contributed by atoms with van der Waals surface area (Å²) in [6, 6.07) is 72.9. The number of phenolic OH excluding ortho intramolecular Hbond substituents is 1. The van der Waals surface area contributed by atoms with E-state index in [0.29, 0.717) is 74.5 Å². The van der Waals surface area contributed by atoms with Gasteiger partial charge in [-0.1, -0.05) is 207 Å². The van der Waals surface area contributed by atoms with Crippen molar-refractivity contribution < 1.29 is 52.6 Å². The number of carbonyl (C=O) groups is 8. The molecule has 11 rings (SSSR count). The number of carbonyl (C=O) groups excluding carboxylic acids is 8. The Labute approximate surface area is 515 Å². The normalized spacial score (nSPS) is 9.48. The molecule has 0 saturated carbocycles. The fourth-order valence-corrected chi connectivity index (χ4v) is 7.33. The highest BCUT2D eigenvalue weighted by Crippen LogP contribution is 2.19. The van der Waals surface area contributed by atoms with E-state index >= 15 is 0 Å². The molecule has 0 aliphatic heterocycles. The summed E-state index contributed by atoms with van der Waals surface area (Å²) < 4.78 is 10.2. The van der Waals surface area contributed by atoms with Crippen LogP contribution in [-0.2, 0) is 6.61 Å². The number of rotatable bonds is 13. The summed E-state index contributed by atoms with van der Waals surface area (Å²) in [7, 11) is 0. The van der Waals surface area contributed by atoms with Gasteiger partial charge in [0.15, 0.2) is 18.3 Å². The molecule has 11 aromatic rings. The van der Waals surface area contributed by atoms with Crippen molar-refractivity contribution in [2.24, 2.45) is 0 Å². The quantitative estimate of drug-likeness (QED) is 0.108. The standard InChI is InChI=1S/C14H12O2.C12H9NO.C11H8O.C10H12O.2C7H5ClO.C7H6O2.C5H4O2/c15-10-13-7-4-8-14(9-13)16-11-12-5-2-1-3-6-12;14-9-10-1-3-11(4-2-10)12-5-7-13-8-6-12;12-8-9-5-6-10-3-1-2-4-11(10)7-9;1-8(2)10-5-3-9(7-11)4-6-10;8-7-3-1-6(5-9)2-4-7;8-7-4-2-1-3-6(7)5-9;8-5-6-2-1-3-7(9)4-6;6-4-5-2-1-3-7-5/h1-10H,11H2;1-9H;1-8H;3-8H,1-2H3;2*1-5H;1-5,9H;1-4H. The molecule has 87 heavy (non-hydrogen) atoms. The number of hydrogen-bond acceptors (Lipinski definition) is 12. The summed E-state index contributed by atoms with van der Waals surface area (Å²) in [5.74, 6) is 1.75. The molecule has 0 aliphatic rings. The van der Waals surface area contributed by atoms with E-state index in [1.807, 2.05) is 146 Å². The van der Waals surface area contributed by atoms with Crippen LogP contribution < -0.4 is 4.74 Å². The molecule has 2 aromatic heterocycles. The summed E-state index contributed by atoms with van der Waals surface area (Å²) in [6.45, 7) is 4.79. The largest absolute Gasteiger partial charge is 0.508 e. The van der Waals surface area contributed by atoms with Gasteiger partial charge < -0.3 is 14.3 Å². The van der Waals surface area contributed by atoms with Gasteiger partial charge in [0.1, 0.15) is 55.8 Å². The Bertz CT molecular complexity index is 3800. The predicted molar refractivity (Wildman–Crippen MR) is 344 cm³/mol. The first-order valence-corrected chi connectivity index (χ1v) is 27.4. The summed E-state index contributed by atoms with van der Waals surface area (Å²) >= 11 is 11.1. The third-order valence-corrected chi connectivity index (χ3v) is 12.3. The highest BCUT2D eigenvalue weighted by atomic mass is 35.5. The Morgan fingerprint density at radius 1 is 0.437 bits per heavy atom. The number of phenols is 1. The number of pyridine rings is 1. The smallest absolute Gasteiger partial charge is 0.185 e. The van der Waals surface area contributed by atoms with Crippen LogP contribution in [0.5, 0.6) is 11.5 Å². The lowest BCUT2D eigenvalue weighted by atomic mass is 10.0. The van der Waals surface area contributed by atoms with Crippen molar-refractivity contribution in [3.05, 3.63) is 327 Å². The molecular formula is C73H61Cl2NO11. The first-order valence-electron chi connectivity index (χ1n) is 26.7. The number of furan rings is 1. The second kappa shape index (κ2) is 40.4. The maximum atomic E-state index is 10.6. The van der Waals surface area contributed by atoms with E-state index in [1.54, 1.807) is 97.3 Å². The Morgan fingerprint density at radius 2 is 0.943 bits per heavy atom. The highest BCUT2D eigenvalue weighted by molar-refractivity contribution is 6.33. The van der Waals surface area contributed by atoms with Gasteiger partial charge >= 0.3 is 0 Å². The molecule has 2 heterocycles. The third-order valence-electron chi connectivity index (χ3n) is 11.7. The molecule has 0 amide bonds. The number of nitrogens with zero attached hydrogens (tertiary/aromatic N) is 1. The Kier molecular flexibility index (Phi) is 31.9. The van der Waals surface area contributed by atoms with Crippen LogP contribution in [0.2, 0.25) is 10.0 Å². The molecule has 14 heteroatoms. The van der Waals surface area contributed by atoms with Crippen LogP contribution in [0.25, 0.3) is 21.9 Å². The lowest BCUT2D eigenvalue weighted by Gasteiger charge is -2.06. The van der Waals surface area contributed by atoms with Crippen LogP contribution in [0.3, 0.4) is 0 Å². The van der Waals surface area contributed by atoms with E-state index in [2.05, 4.69) is 23.2 Å². The van der Waals surface area contributed by atoms with E-state index < -0.39 is 0 Å². The number of aromatic hydroxyl groups is 1. The Morgan fingerprint density at radius 3 is 1.45 bits per heavy atom. The molecule has 0 unspecified atom stereocenters. The van der Waals surface area contributed by atoms with E-state index in [9.17, 15) is 38.4 Å². The highest BCUT2D eigenvalue weighted by Gasteiger charge is 2.00. The van der Waals surface area contributed by atoms with Crippen LogP contribution in [0.15, 0.2) is 266 Å². The molecule has 0 spiro atoms. The zero-order chi connectivity index (χ0) is 62.9. The zero-order valence-electron chi connectivity index (χ0n) is 47.5. The molecule has 1 N–H and O–H groups in total. The molecule has 0 fully saturated rings. The fraction of sp³-hybridized carbons (Fsp3) is 0.0548. The van der Waals surface area contributed by atoms with Crippen LogP contribution in [0, 0.1) is 0 Å². The van der Waals surface area contributed by atoms with Crippen molar-refractivity contribution in [2.75, 3.05) is 0 Å². The van der Waals surface area contributed by atoms with Gasteiger partial charge in [-0.05, 0) is 112 Å². The minimum absolute atomic E-state index is 0.125. The second-order valence-electron chi connectivity index (χ2n) is 18.3. The number of fused-ring (bicyclic) bond motifs is 1. The van der Waals surface area contributed by atoms with Crippen molar-refractivity contribution >= 4 is 84.3 Å². The Balaban J connectivity index is 0.000000215. The lowest BCUT2D eigenvalue weighted by Crippen LogP contribution is -1.95. The van der Waals surface area contributed by atoms with Gasteiger partial charge in [0.2, 0.25) is 0 Å². The van der Waals surface area contributed by atoms with Gasteiger partial charge in [-0.15, -0.1) is 0 Å². The third kappa shape index (κ3) is 27.0. The van der Waals surface area contributed by atoms with Crippen molar-refractivity contribution in [1.82, 2.24) is 4.98 Å². The summed E-state index contributed by atoms with van der Waals surface area (Å²) in [5, 5.41) is 12.2. The predicted octanol–water partition coefficient (Wildman–Crippen LogP) is 17.5. The monoisotopic (exact) mass is 1200 g/mol. The summed E-state index contributed by atoms with van der Waals surface area (Å²) in [5.41, 5.74) is 9.08. The molecule has 0 bridgehead atoms. The number of aldehydes is 8. The van der Waals surface area contributed by atoms with Crippen molar-refractivity contribution in [2.45, 2.75) is 26.4 Å². The van der Waals surface area contributed by atoms with Gasteiger partial charge in [-0.25, -0.2) is 0 Å². The second-order valence-corrected chi connectivity index (χ2v) is 19.1. The number of aromatic nitrogens is 1. The van der Waals surface area contributed by atoms with E-state index in [1.165, 1.54) is 29.3 Å². The van der Waals surface area contributed by atoms with Crippen LogP contribution >= 0.6 is 23.2 Å². The zero-order valence-corrected chi connectivity index (χ0v) is 49.0. The number of ether oxygens (including phenoxy) is 1. The molecule has 0 saturated heterocycles. The van der Waals surface area contributed by atoms with Gasteiger partial charge in [-0.3, -0.25) is 43.3 Å². The first kappa shape index (κ1) is 68.7. The molecule has 9 aromatic carbocycles. The molecule has 0 aliphatic carbocycles. The maximum Gasteiger partial charge on any atom is 0.185 e. The summed E-state index contributed by atoms with van der Waals surface area (Å²) in [6.07, 6.45) is 11.2. The average molecular weight is 1200 g/mol. The van der Waals surface area contributed by atoms with Crippen LogP contribution in [-0.4, -0.2) is 60.4 Å². The van der Waals surface area contributed by atoms with E-state index in [4.69, 9.17) is 33.0 Å². The summed E-state index contributed by atoms with van der Waals surface area (Å²) in [4.78, 5) is 85.7. The van der Waals surface area contributed by atoms with Gasteiger partial charge in [-0.2, -0.15) is 0 Å². The minimum atomic E-state index is 0.125. The topological polar surface area (TPSA) is 192 Å². The number of hydrogen-bond donors (Lipinski definition) is 1. The maximum absolute atomic E-state index is 10.6. The van der Waals surface area contributed by atoms with Gasteiger partial charge in [0.25, 0.3) is 0 Å². The van der Waals surface area contributed by atoms with Crippen molar-refractivity contribution in [1.29, 1.82) is 0 Å². The molecule has 438 valence electrons. The lowest BCUT2D eigenvalue weighted by molar-refractivity contribution is 0.109. The van der Waals surface area contributed by atoms with Gasteiger partial charge in [0.05, 0.1) is 11.3 Å². The van der Waals surface area contributed by atoms with Crippen molar-refractivity contribution in [3.8, 4) is 22.6 Å². The molecular weight excluding hydrogens is 1140 g/mol. The number of halogens is 2. The fourth-order valence-electron chi connectivity index (χ4n) is 7.03. The Hall–Kier alpha value is -10.8. The molecule has 0 atom stereocenters. The molecule has 0 radical (unpaired) electrons.